The molecule has 6 nitrogen and oxygen atoms in total. The molecule has 1 aromatic carbocycles. The number of benzene rings is 1. The average Bonchev–Trinajstić information content (AvgIpc) is 3.09. The Morgan fingerprint density at radius 2 is 2.04 bits per heavy atom. The van der Waals surface area contributed by atoms with E-state index in [1.165, 1.54) is 11.9 Å². The largest absolute Gasteiger partial charge is 0.263 e. The van der Waals surface area contributed by atoms with Crippen LogP contribution in [0.15, 0.2) is 35.5 Å². The minimum atomic E-state index is -3.46. The van der Waals surface area contributed by atoms with Gasteiger partial charge in [0.05, 0.1) is 4.90 Å². The fraction of sp³-hybridized carbons (Fsp3) is 0.529. The van der Waals surface area contributed by atoms with Gasteiger partial charge in [0, 0.05) is 19.0 Å². The Labute approximate surface area is 143 Å². The van der Waals surface area contributed by atoms with Crippen molar-refractivity contribution in [1.82, 2.24) is 19.5 Å². The molecule has 1 aliphatic rings. The number of rotatable bonds is 5. The SMILES string of the molecule is CC(C)Cc1ccc(S(=O)(=O)N2CCC[C@@H](c3ncn[nH]3)C2)cc1. The van der Waals surface area contributed by atoms with Gasteiger partial charge in [-0.2, -0.15) is 9.40 Å². The zero-order valence-electron chi connectivity index (χ0n) is 14.1. The zero-order valence-corrected chi connectivity index (χ0v) is 15.0. The number of hydrogen-bond acceptors (Lipinski definition) is 4. The molecule has 2 heterocycles. The van der Waals surface area contributed by atoms with Crippen molar-refractivity contribution < 1.29 is 8.42 Å². The van der Waals surface area contributed by atoms with Crippen LogP contribution < -0.4 is 0 Å². The maximum Gasteiger partial charge on any atom is 0.243 e. The van der Waals surface area contributed by atoms with Gasteiger partial charge < -0.3 is 0 Å². The Balaban J connectivity index is 1.77. The lowest BCUT2D eigenvalue weighted by Crippen LogP contribution is -2.39. The summed E-state index contributed by atoms with van der Waals surface area (Å²) in [6.07, 6.45) is 4.18. The van der Waals surface area contributed by atoms with Gasteiger partial charge in [-0.05, 0) is 42.9 Å². The maximum atomic E-state index is 12.9. The molecule has 1 saturated heterocycles. The summed E-state index contributed by atoms with van der Waals surface area (Å²) in [6, 6.07) is 7.30. The Morgan fingerprint density at radius 1 is 1.29 bits per heavy atom. The van der Waals surface area contributed by atoms with E-state index in [1.807, 2.05) is 12.1 Å². The number of aromatic nitrogens is 3. The number of H-pyrrole nitrogens is 1. The van der Waals surface area contributed by atoms with Crippen molar-refractivity contribution in [3.05, 3.63) is 42.0 Å². The van der Waals surface area contributed by atoms with Gasteiger partial charge in [0.1, 0.15) is 12.2 Å². The number of sulfonamides is 1. The molecule has 0 radical (unpaired) electrons. The van der Waals surface area contributed by atoms with E-state index in [0.29, 0.717) is 23.9 Å². The van der Waals surface area contributed by atoms with Crippen LogP contribution in [0.2, 0.25) is 0 Å². The van der Waals surface area contributed by atoms with E-state index in [2.05, 4.69) is 29.0 Å². The van der Waals surface area contributed by atoms with Crippen molar-refractivity contribution in [3.63, 3.8) is 0 Å². The smallest absolute Gasteiger partial charge is 0.243 e. The van der Waals surface area contributed by atoms with Gasteiger partial charge in [-0.1, -0.05) is 26.0 Å². The fourth-order valence-electron chi connectivity index (χ4n) is 3.21. The first-order chi connectivity index (χ1) is 11.5. The van der Waals surface area contributed by atoms with Crippen molar-refractivity contribution in [3.8, 4) is 0 Å². The van der Waals surface area contributed by atoms with E-state index in [4.69, 9.17) is 0 Å². The van der Waals surface area contributed by atoms with Gasteiger partial charge in [0.15, 0.2) is 0 Å². The molecule has 0 spiro atoms. The summed E-state index contributed by atoms with van der Waals surface area (Å²) in [7, 11) is -3.46. The molecule has 7 heteroatoms. The van der Waals surface area contributed by atoms with Crippen molar-refractivity contribution in [2.75, 3.05) is 13.1 Å². The summed E-state index contributed by atoms with van der Waals surface area (Å²) in [5, 5.41) is 6.73. The minimum absolute atomic E-state index is 0.0799. The van der Waals surface area contributed by atoms with Crippen LogP contribution in [-0.2, 0) is 16.4 Å². The third-order valence-electron chi connectivity index (χ3n) is 4.41. The number of aromatic amines is 1. The molecule has 130 valence electrons. The standard InChI is InChI=1S/C17H24N4O2S/c1-13(2)10-14-5-7-16(8-6-14)24(22,23)21-9-3-4-15(11-21)17-18-12-19-20-17/h5-8,12-13,15H,3-4,9-11H2,1-2H3,(H,18,19,20)/t15-/m1/s1. The summed E-state index contributed by atoms with van der Waals surface area (Å²) >= 11 is 0. The first-order valence-electron chi connectivity index (χ1n) is 8.41. The third-order valence-corrected chi connectivity index (χ3v) is 6.29. The Morgan fingerprint density at radius 3 is 2.67 bits per heavy atom. The average molecular weight is 348 g/mol. The highest BCUT2D eigenvalue weighted by Gasteiger charge is 2.31. The summed E-state index contributed by atoms with van der Waals surface area (Å²) in [5.41, 5.74) is 1.17. The van der Waals surface area contributed by atoms with Crippen LogP contribution in [0.1, 0.15) is 44.0 Å². The predicted molar refractivity (Wildman–Crippen MR) is 92.1 cm³/mol. The number of hydrogen-bond donors (Lipinski definition) is 1. The highest BCUT2D eigenvalue weighted by atomic mass is 32.2. The van der Waals surface area contributed by atoms with Gasteiger partial charge in [-0.25, -0.2) is 13.4 Å². The van der Waals surface area contributed by atoms with Crippen molar-refractivity contribution in [2.24, 2.45) is 5.92 Å². The van der Waals surface area contributed by atoms with Gasteiger partial charge in [0.2, 0.25) is 10.0 Å². The van der Waals surface area contributed by atoms with E-state index in [9.17, 15) is 8.42 Å². The highest BCUT2D eigenvalue weighted by Crippen LogP contribution is 2.28. The molecule has 0 unspecified atom stereocenters. The Kier molecular flexibility index (Phi) is 5.01. The van der Waals surface area contributed by atoms with E-state index in [1.54, 1.807) is 16.4 Å². The molecule has 0 amide bonds. The molecule has 2 aromatic rings. The number of nitrogens with zero attached hydrogens (tertiary/aromatic N) is 3. The van der Waals surface area contributed by atoms with Crippen LogP contribution >= 0.6 is 0 Å². The van der Waals surface area contributed by atoms with Crippen molar-refractivity contribution in [1.29, 1.82) is 0 Å². The minimum Gasteiger partial charge on any atom is -0.263 e. The molecule has 1 aromatic heterocycles. The van der Waals surface area contributed by atoms with Gasteiger partial charge >= 0.3 is 0 Å². The molecule has 1 aliphatic heterocycles. The van der Waals surface area contributed by atoms with E-state index in [0.717, 1.165) is 25.1 Å². The number of nitrogens with one attached hydrogen (secondary N) is 1. The second kappa shape index (κ2) is 7.03. The second-order valence-corrected chi connectivity index (χ2v) is 8.75. The van der Waals surface area contributed by atoms with Crippen LogP contribution in [0.25, 0.3) is 0 Å². The quantitative estimate of drug-likeness (QED) is 0.901. The van der Waals surface area contributed by atoms with Gasteiger partial charge in [0.25, 0.3) is 0 Å². The summed E-state index contributed by atoms with van der Waals surface area (Å²) in [5.74, 6) is 1.40. The molecule has 1 N–H and O–H groups in total. The van der Waals surface area contributed by atoms with Crippen LogP contribution in [-0.4, -0.2) is 41.0 Å². The van der Waals surface area contributed by atoms with Crippen LogP contribution in [0.3, 0.4) is 0 Å². The van der Waals surface area contributed by atoms with Crippen LogP contribution in [0.5, 0.6) is 0 Å². The van der Waals surface area contributed by atoms with Gasteiger partial charge in [-0.15, -0.1) is 0 Å². The van der Waals surface area contributed by atoms with E-state index >= 15 is 0 Å². The summed E-state index contributed by atoms with van der Waals surface area (Å²) in [6.45, 7) is 5.32. The first-order valence-corrected chi connectivity index (χ1v) is 9.85. The summed E-state index contributed by atoms with van der Waals surface area (Å²) < 4.78 is 27.4. The van der Waals surface area contributed by atoms with Gasteiger partial charge in [-0.3, -0.25) is 5.10 Å². The molecule has 3 rings (SSSR count). The molecule has 1 atom stereocenters. The normalized spacial score (nSPS) is 19.7. The maximum absolute atomic E-state index is 12.9. The number of piperidine rings is 1. The lowest BCUT2D eigenvalue weighted by Gasteiger charge is -2.30. The molecule has 0 bridgehead atoms. The second-order valence-electron chi connectivity index (χ2n) is 6.81. The molecule has 0 aliphatic carbocycles. The molecule has 1 fully saturated rings. The van der Waals surface area contributed by atoms with Crippen LogP contribution in [0, 0.1) is 5.92 Å². The third kappa shape index (κ3) is 3.67. The van der Waals surface area contributed by atoms with Crippen molar-refractivity contribution in [2.45, 2.75) is 43.9 Å². The molecule has 0 saturated carbocycles. The molecular formula is C17H24N4O2S. The first kappa shape index (κ1) is 17.1. The zero-order chi connectivity index (χ0) is 17.2. The molecular weight excluding hydrogens is 324 g/mol. The summed E-state index contributed by atoms with van der Waals surface area (Å²) in [4.78, 5) is 4.55. The van der Waals surface area contributed by atoms with Crippen LogP contribution in [0.4, 0.5) is 0 Å². The Bertz CT molecular complexity index is 754. The fourth-order valence-corrected chi connectivity index (χ4v) is 4.74. The topological polar surface area (TPSA) is 79.0 Å². The predicted octanol–water partition coefficient (Wildman–Crippen LogP) is 2.57. The highest BCUT2D eigenvalue weighted by molar-refractivity contribution is 7.89. The van der Waals surface area contributed by atoms with E-state index < -0.39 is 10.0 Å². The lowest BCUT2D eigenvalue weighted by molar-refractivity contribution is 0.309. The van der Waals surface area contributed by atoms with E-state index in [-0.39, 0.29) is 5.92 Å². The molecule has 24 heavy (non-hydrogen) atoms. The monoisotopic (exact) mass is 348 g/mol. The van der Waals surface area contributed by atoms with Crippen molar-refractivity contribution >= 4 is 10.0 Å². The lowest BCUT2D eigenvalue weighted by atomic mass is 9.99. The Hall–Kier alpha value is -1.73.